The average molecular weight is 284 g/mol. The number of sulfone groups is 1. The number of rotatable bonds is 3. The Morgan fingerprint density at radius 3 is 2.84 bits per heavy atom. The van der Waals surface area contributed by atoms with Crippen LogP contribution in [0.3, 0.4) is 0 Å². The lowest BCUT2D eigenvalue weighted by molar-refractivity contribution is -0.00680. The van der Waals surface area contributed by atoms with Gasteiger partial charge in [0.1, 0.15) is 0 Å². The van der Waals surface area contributed by atoms with Crippen LogP contribution in [-0.4, -0.2) is 51.9 Å². The van der Waals surface area contributed by atoms with Crippen molar-refractivity contribution in [3.05, 3.63) is 23.8 Å². The summed E-state index contributed by atoms with van der Waals surface area (Å²) in [4.78, 5) is 2.43. The lowest BCUT2D eigenvalue weighted by atomic mass is 10.2. The first-order chi connectivity index (χ1) is 8.88. The van der Waals surface area contributed by atoms with Gasteiger partial charge in [0.05, 0.1) is 23.4 Å². The molecular formula is C13H20N2O3S. The molecule has 2 N–H and O–H groups in total. The second kappa shape index (κ2) is 5.48. The van der Waals surface area contributed by atoms with E-state index in [0.717, 1.165) is 6.54 Å². The van der Waals surface area contributed by atoms with Crippen molar-refractivity contribution in [1.29, 1.82) is 0 Å². The summed E-state index contributed by atoms with van der Waals surface area (Å²) in [5.74, 6) is 0.0160. The molecule has 1 aromatic carbocycles. The van der Waals surface area contributed by atoms with Crippen LogP contribution in [0.25, 0.3) is 0 Å². The number of ether oxygens (including phenoxy) is 1. The maximum absolute atomic E-state index is 12.4. The molecule has 1 aliphatic rings. The second-order valence-corrected chi connectivity index (χ2v) is 7.06. The largest absolute Gasteiger partial charge is 0.399 e. The van der Waals surface area contributed by atoms with Crippen LogP contribution in [0.2, 0.25) is 0 Å². The van der Waals surface area contributed by atoms with Crippen molar-refractivity contribution in [3.8, 4) is 0 Å². The zero-order chi connectivity index (χ0) is 14.0. The van der Waals surface area contributed by atoms with Gasteiger partial charge >= 0.3 is 0 Å². The van der Waals surface area contributed by atoms with Crippen LogP contribution in [0.15, 0.2) is 23.1 Å². The Balaban J connectivity index is 2.18. The van der Waals surface area contributed by atoms with Crippen molar-refractivity contribution in [1.82, 2.24) is 4.90 Å². The van der Waals surface area contributed by atoms with Gasteiger partial charge in [0.2, 0.25) is 0 Å². The molecule has 1 aromatic rings. The summed E-state index contributed by atoms with van der Waals surface area (Å²) in [5.41, 5.74) is 6.91. The predicted octanol–water partition coefficient (Wildman–Crippen LogP) is 0.682. The number of hydrogen-bond acceptors (Lipinski definition) is 5. The van der Waals surface area contributed by atoms with E-state index in [1.807, 2.05) is 7.05 Å². The van der Waals surface area contributed by atoms with Gasteiger partial charge in [-0.1, -0.05) is 0 Å². The van der Waals surface area contributed by atoms with Crippen LogP contribution < -0.4 is 5.73 Å². The maximum Gasteiger partial charge on any atom is 0.181 e. The Kier molecular flexibility index (Phi) is 4.13. The van der Waals surface area contributed by atoms with Crippen LogP contribution in [0, 0.1) is 6.92 Å². The third-order valence-electron chi connectivity index (χ3n) is 3.28. The molecule has 0 saturated carbocycles. The van der Waals surface area contributed by atoms with Crippen molar-refractivity contribution in [3.63, 3.8) is 0 Å². The molecule has 1 saturated heterocycles. The van der Waals surface area contributed by atoms with Crippen LogP contribution >= 0.6 is 0 Å². The van der Waals surface area contributed by atoms with Crippen molar-refractivity contribution < 1.29 is 13.2 Å². The molecule has 1 heterocycles. The molecule has 106 valence electrons. The highest BCUT2D eigenvalue weighted by Gasteiger charge is 2.26. The third-order valence-corrected chi connectivity index (χ3v) is 5.22. The lowest BCUT2D eigenvalue weighted by Crippen LogP contribution is -2.43. The number of nitrogens with zero attached hydrogens (tertiary/aromatic N) is 1. The summed E-state index contributed by atoms with van der Waals surface area (Å²) in [6.07, 6.45) is -0.263. The molecule has 0 spiro atoms. The van der Waals surface area contributed by atoms with Gasteiger partial charge in [0, 0.05) is 18.8 Å². The minimum Gasteiger partial charge on any atom is -0.399 e. The average Bonchev–Trinajstić information content (AvgIpc) is 2.27. The summed E-state index contributed by atoms with van der Waals surface area (Å²) >= 11 is 0. The van der Waals surface area contributed by atoms with Crippen LogP contribution in [0.5, 0.6) is 0 Å². The molecule has 1 aliphatic heterocycles. The van der Waals surface area contributed by atoms with E-state index in [1.54, 1.807) is 25.1 Å². The molecule has 1 fully saturated rings. The summed E-state index contributed by atoms with van der Waals surface area (Å²) in [7, 11) is -1.37. The first-order valence-corrected chi connectivity index (χ1v) is 7.93. The molecule has 19 heavy (non-hydrogen) atoms. The molecule has 1 unspecified atom stereocenters. The molecule has 0 radical (unpaired) electrons. The van der Waals surface area contributed by atoms with Gasteiger partial charge < -0.3 is 15.4 Å². The van der Waals surface area contributed by atoms with Gasteiger partial charge in [-0.3, -0.25) is 0 Å². The maximum atomic E-state index is 12.4. The fourth-order valence-electron chi connectivity index (χ4n) is 2.32. The molecule has 0 amide bonds. The van der Waals surface area contributed by atoms with Crippen molar-refractivity contribution >= 4 is 15.5 Å². The Bertz CT molecular complexity index is 557. The topological polar surface area (TPSA) is 72.6 Å². The van der Waals surface area contributed by atoms with E-state index >= 15 is 0 Å². The molecule has 5 nitrogen and oxygen atoms in total. The first kappa shape index (κ1) is 14.3. The molecule has 0 aromatic heterocycles. The van der Waals surface area contributed by atoms with E-state index in [9.17, 15) is 8.42 Å². The van der Waals surface area contributed by atoms with E-state index < -0.39 is 9.84 Å². The SMILES string of the molecule is Cc1cc(N)ccc1S(=O)(=O)CC1CN(C)CCO1. The van der Waals surface area contributed by atoms with Gasteiger partial charge in [-0.05, 0) is 37.7 Å². The highest BCUT2D eigenvalue weighted by atomic mass is 32.2. The van der Waals surface area contributed by atoms with Crippen molar-refractivity contribution in [2.24, 2.45) is 0 Å². The number of morpholine rings is 1. The minimum atomic E-state index is -3.34. The van der Waals surface area contributed by atoms with E-state index in [-0.39, 0.29) is 11.9 Å². The summed E-state index contributed by atoms with van der Waals surface area (Å²) < 4.78 is 30.3. The zero-order valence-electron chi connectivity index (χ0n) is 11.3. The van der Waals surface area contributed by atoms with Gasteiger partial charge in [0.15, 0.2) is 9.84 Å². The number of aryl methyl sites for hydroxylation is 1. The Hall–Kier alpha value is -1.11. The molecule has 2 rings (SSSR count). The van der Waals surface area contributed by atoms with Crippen LogP contribution in [0.1, 0.15) is 5.56 Å². The summed E-state index contributed by atoms with van der Waals surface area (Å²) in [6, 6.07) is 4.88. The van der Waals surface area contributed by atoms with E-state index in [1.165, 1.54) is 0 Å². The number of nitrogens with two attached hydrogens (primary N) is 1. The van der Waals surface area contributed by atoms with E-state index in [4.69, 9.17) is 10.5 Å². The minimum absolute atomic E-state index is 0.0160. The van der Waals surface area contributed by atoms with Gasteiger partial charge in [-0.25, -0.2) is 8.42 Å². The Morgan fingerprint density at radius 1 is 1.47 bits per heavy atom. The number of hydrogen-bond donors (Lipinski definition) is 1. The monoisotopic (exact) mass is 284 g/mol. The van der Waals surface area contributed by atoms with Gasteiger partial charge in [0.25, 0.3) is 0 Å². The first-order valence-electron chi connectivity index (χ1n) is 6.27. The normalized spacial score (nSPS) is 21.5. The fourth-order valence-corrected chi connectivity index (χ4v) is 4.02. The predicted molar refractivity (Wildman–Crippen MR) is 74.9 cm³/mol. The fraction of sp³-hybridized carbons (Fsp3) is 0.538. The number of anilines is 1. The van der Waals surface area contributed by atoms with Crippen LogP contribution in [0.4, 0.5) is 5.69 Å². The summed E-state index contributed by atoms with van der Waals surface area (Å²) in [6.45, 7) is 3.83. The number of nitrogen functional groups attached to an aromatic ring is 1. The van der Waals surface area contributed by atoms with E-state index in [0.29, 0.717) is 29.3 Å². The highest BCUT2D eigenvalue weighted by molar-refractivity contribution is 7.91. The molecule has 0 aliphatic carbocycles. The van der Waals surface area contributed by atoms with E-state index in [2.05, 4.69) is 4.90 Å². The molecule has 6 heteroatoms. The third kappa shape index (κ3) is 3.46. The smallest absolute Gasteiger partial charge is 0.181 e. The Labute approximate surface area is 114 Å². The lowest BCUT2D eigenvalue weighted by Gasteiger charge is -2.29. The Morgan fingerprint density at radius 2 is 2.21 bits per heavy atom. The number of likely N-dealkylation sites (N-methyl/N-ethyl adjacent to an activating group) is 1. The van der Waals surface area contributed by atoms with Crippen molar-refractivity contribution in [2.45, 2.75) is 17.9 Å². The van der Waals surface area contributed by atoms with Gasteiger partial charge in [-0.15, -0.1) is 0 Å². The number of benzene rings is 1. The standard InChI is InChI=1S/C13H20N2O3S/c1-10-7-11(14)3-4-13(10)19(16,17)9-12-8-15(2)5-6-18-12/h3-4,7,12H,5-6,8-9,14H2,1-2H3. The summed E-state index contributed by atoms with van der Waals surface area (Å²) in [5, 5.41) is 0. The second-order valence-electron chi connectivity index (χ2n) is 5.06. The van der Waals surface area contributed by atoms with Gasteiger partial charge in [-0.2, -0.15) is 0 Å². The van der Waals surface area contributed by atoms with Crippen molar-refractivity contribution in [2.75, 3.05) is 38.2 Å². The molecular weight excluding hydrogens is 264 g/mol. The highest BCUT2D eigenvalue weighted by Crippen LogP contribution is 2.21. The van der Waals surface area contributed by atoms with Crippen LogP contribution in [-0.2, 0) is 14.6 Å². The molecule has 0 bridgehead atoms. The molecule has 1 atom stereocenters. The quantitative estimate of drug-likeness (QED) is 0.826. The zero-order valence-corrected chi connectivity index (χ0v) is 12.1.